The molecule has 0 spiro atoms. The van der Waals surface area contributed by atoms with E-state index in [1.54, 1.807) is 7.11 Å². The fourth-order valence-electron chi connectivity index (χ4n) is 5.65. The van der Waals surface area contributed by atoms with Gasteiger partial charge in [-0.15, -0.1) is 0 Å². The third-order valence-corrected chi connectivity index (χ3v) is 8.10. The molecule has 2 atom stereocenters. The minimum Gasteiger partial charge on any atom is -0.369 e. The van der Waals surface area contributed by atoms with Gasteiger partial charge in [0.2, 0.25) is 5.82 Å². The van der Waals surface area contributed by atoms with Crippen LogP contribution in [0.5, 0.6) is 0 Å². The molecule has 7 nitrogen and oxygen atoms in total. The Balaban J connectivity index is 1.63. The normalized spacial score (nSPS) is 22.3. The van der Waals surface area contributed by atoms with Gasteiger partial charge in [0.25, 0.3) is 0 Å². The first kappa shape index (κ1) is 23.7. The summed E-state index contributed by atoms with van der Waals surface area (Å²) in [5.41, 5.74) is 2.51. The first-order valence-electron chi connectivity index (χ1n) is 13.1. The van der Waals surface area contributed by atoms with Crippen molar-refractivity contribution in [3.63, 3.8) is 0 Å². The van der Waals surface area contributed by atoms with Gasteiger partial charge in [-0.3, -0.25) is 0 Å². The van der Waals surface area contributed by atoms with E-state index in [1.807, 2.05) is 18.2 Å². The first-order chi connectivity index (χ1) is 17.1. The van der Waals surface area contributed by atoms with Crippen molar-refractivity contribution in [1.82, 2.24) is 19.5 Å². The molecule has 1 aromatic carbocycles. The van der Waals surface area contributed by atoms with Gasteiger partial charge >= 0.3 is 0 Å². The molecule has 0 bridgehead atoms. The van der Waals surface area contributed by atoms with Crippen molar-refractivity contribution in [2.24, 2.45) is 17.8 Å². The number of benzene rings is 1. The molecule has 2 saturated carbocycles. The van der Waals surface area contributed by atoms with E-state index in [2.05, 4.69) is 51.9 Å². The number of aromatic nitrogens is 4. The molecule has 1 unspecified atom stereocenters. The maximum Gasteiger partial charge on any atom is 0.236 e. The molecular formula is C28H36N6O. The van der Waals surface area contributed by atoms with Crippen LogP contribution in [0.25, 0.3) is 11.2 Å². The van der Waals surface area contributed by atoms with Crippen LogP contribution in [-0.4, -0.2) is 32.7 Å². The molecule has 7 heteroatoms. The summed E-state index contributed by atoms with van der Waals surface area (Å²) in [7, 11) is 1.73. The summed E-state index contributed by atoms with van der Waals surface area (Å²) in [6.07, 6.45) is 8.37. The second kappa shape index (κ2) is 10.3. The topological polar surface area (TPSA) is 88.7 Å². The average Bonchev–Trinajstić information content (AvgIpc) is 3.18. The SMILES string of the molecule is COC(c1ccccc1)c1nc2nc(C#N)nc(N[C@H](C)C3CCC3)c2n1C[C@H]1CC[C@H](C)CC1. The standard InChI is InChI=1S/C28H36N6O/c1-18-12-14-20(15-13-18)17-34-24-26(30-19(2)21-10-7-11-21)31-23(16-29)32-27(24)33-28(34)25(35-3)22-8-5-4-6-9-22/h4-6,8-9,18-21,25H,7,10-15,17H2,1-3H3,(H,30,31,32)/t18-,19-,20-,25?/m1/s1. The van der Waals surface area contributed by atoms with Gasteiger partial charge in [0.1, 0.15) is 23.5 Å². The number of hydrogen-bond donors (Lipinski definition) is 1. The van der Waals surface area contributed by atoms with Crippen molar-refractivity contribution in [2.45, 2.75) is 77.5 Å². The van der Waals surface area contributed by atoms with E-state index in [0.29, 0.717) is 17.5 Å². The lowest BCUT2D eigenvalue weighted by Gasteiger charge is -2.32. The maximum atomic E-state index is 9.66. The Labute approximate surface area is 207 Å². The van der Waals surface area contributed by atoms with Crippen LogP contribution in [0.3, 0.4) is 0 Å². The molecule has 2 aliphatic rings. The molecule has 0 radical (unpaired) electrons. The quantitative estimate of drug-likeness (QED) is 0.442. The Kier molecular flexibility index (Phi) is 7.01. The van der Waals surface area contributed by atoms with Crippen molar-refractivity contribution >= 4 is 17.0 Å². The Morgan fingerprint density at radius 1 is 1.09 bits per heavy atom. The molecular weight excluding hydrogens is 436 g/mol. The Morgan fingerprint density at radius 3 is 2.46 bits per heavy atom. The lowest BCUT2D eigenvalue weighted by molar-refractivity contribution is 0.124. The third-order valence-electron chi connectivity index (χ3n) is 8.10. The lowest BCUT2D eigenvalue weighted by Crippen LogP contribution is -2.31. The molecule has 1 N–H and O–H groups in total. The number of nitrogens with zero attached hydrogens (tertiary/aromatic N) is 5. The van der Waals surface area contributed by atoms with Gasteiger partial charge in [0.05, 0.1) is 0 Å². The van der Waals surface area contributed by atoms with Gasteiger partial charge < -0.3 is 14.6 Å². The fraction of sp³-hybridized carbons (Fsp3) is 0.571. The van der Waals surface area contributed by atoms with Crippen LogP contribution in [0.1, 0.15) is 82.1 Å². The Morgan fingerprint density at radius 2 is 1.83 bits per heavy atom. The van der Waals surface area contributed by atoms with Gasteiger partial charge in [-0.2, -0.15) is 15.2 Å². The zero-order valence-electron chi connectivity index (χ0n) is 21.1. The highest BCUT2D eigenvalue weighted by Gasteiger charge is 2.30. The highest BCUT2D eigenvalue weighted by atomic mass is 16.5. The van der Waals surface area contributed by atoms with Crippen molar-refractivity contribution < 1.29 is 4.74 Å². The van der Waals surface area contributed by atoms with E-state index in [-0.39, 0.29) is 18.0 Å². The highest BCUT2D eigenvalue weighted by molar-refractivity contribution is 5.84. The monoisotopic (exact) mass is 472 g/mol. The van der Waals surface area contributed by atoms with Crippen LogP contribution in [0.15, 0.2) is 30.3 Å². The largest absolute Gasteiger partial charge is 0.369 e. The number of methoxy groups -OCH3 is 1. The van der Waals surface area contributed by atoms with E-state index >= 15 is 0 Å². The van der Waals surface area contributed by atoms with Crippen molar-refractivity contribution in [3.8, 4) is 6.07 Å². The number of nitriles is 1. The summed E-state index contributed by atoms with van der Waals surface area (Å²) in [5.74, 6) is 3.70. The molecule has 2 heterocycles. The molecule has 2 aliphatic carbocycles. The van der Waals surface area contributed by atoms with E-state index in [0.717, 1.165) is 35.2 Å². The zero-order chi connectivity index (χ0) is 24.4. The molecule has 2 fully saturated rings. The maximum absolute atomic E-state index is 9.66. The van der Waals surface area contributed by atoms with Crippen molar-refractivity contribution in [2.75, 3.05) is 12.4 Å². The molecule has 0 amide bonds. The second-order valence-electron chi connectivity index (χ2n) is 10.5. The lowest BCUT2D eigenvalue weighted by atomic mass is 9.80. The van der Waals surface area contributed by atoms with Crippen LogP contribution in [-0.2, 0) is 11.3 Å². The smallest absolute Gasteiger partial charge is 0.236 e. The van der Waals surface area contributed by atoms with Crippen LogP contribution >= 0.6 is 0 Å². The summed E-state index contributed by atoms with van der Waals surface area (Å²) >= 11 is 0. The van der Waals surface area contributed by atoms with Crippen LogP contribution < -0.4 is 5.32 Å². The van der Waals surface area contributed by atoms with E-state index < -0.39 is 0 Å². The van der Waals surface area contributed by atoms with Gasteiger partial charge in [0.15, 0.2) is 11.5 Å². The Bertz CT molecular complexity index is 1190. The van der Waals surface area contributed by atoms with E-state index in [9.17, 15) is 5.26 Å². The third kappa shape index (κ3) is 4.90. The molecule has 3 aromatic rings. The summed E-state index contributed by atoms with van der Waals surface area (Å²) in [6, 6.07) is 12.6. The predicted octanol–water partition coefficient (Wildman–Crippen LogP) is 5.86. The van der Waals surface area contributed by atoms with Gasteiger partial charge in [-0.25, -0.2) is 4.98 Å². The van der Waals surface area contributed by atoms with Crippen molar-refractivity contribution in [1.29, 1.82) is 5.26 Å². The minimum absolute atomic E-state index is 0.150. The fourth-order valence-corrected chi connectivity index (χ4v) is 5.65. The number of hydrogen-bond acceptors (Lipinski definition) is 6. The van der Waals surface area contributed by atoms with Crippen LogP contribution in [0.4, 0.5) is 5.82 Å². The van der Waals surface area contributed by atoms with E-state index in [1.165, 1.54) is 44.9 Å². The zero-order valence-corrected chi connectivity index (χ0v) is 21.1. The van der Waals surface area contributed by atoms with Gasteiger partial charge in [-0.05, 0) is 55.9 Å². The minimum atomic E-state index is -0.324. The molecule has 2 aromatic heterocycles. The van der Waals surface area contributed by atoms with Gasteiger partial charge in [0, 0.05) is 19.7 Å². The van der Waals surface area contributed by atoms with Crippen LogP contribution in [0, 0.1) is 29.1 Å². The first-order valence-corrected chi connectivity index (χ1v) is 13.1. The molecule has 0 aliphatic heterocycles. The molecule has 0 saturated heterocycles. The average molecular weight is 473 g/mol. The number of rotatable bonds is 8. The summed E-state index contributed by atoms with van der Waals surface area (Å²) < 4.78 is 8.31. The van der Waals surface area contributed by atoms with Crippen LogP contribution in [0.2, 0.25) is 0 Å². The number of anilines is 1. The Hall–Kier alpha value is -2.98. The summed E-state index contributed by atoms with van der Waals surface area (Å²) in [4.78, 5) is 14.2. The second-order valence-corrected chi connectivity index (χ2v) is 10.5. The molecule has 35 heavy (non-hydrogen) atoms. The number of nitrogens with one attached hydrogen (secondary N) is 1. The van der Waals surface area contributed by atoms with Crippen molar-refractivity contribution in [3.05, 3.63) is 47.5 Å². The number of imidazole rings is 1. The molecule has 184 valence electrons. The van der Waals surface area contributed by atoms with E-state index in [4.69, 9.17) is 9.72 Å². The number of fused-ring (bicyclic) bond motifs is 1. The predicted molar refractivity (Wildman–Crippen MR) is 137 cm³/mol. The van der Waals surface area contributed by atoms with Gasteiger partial charge in [-0.1, -0.05) is 56.5 Å². The summed E-state index contributed by atoms with van der Waals surface area (Å²) in [6.45, 7) is 5.43. The highest BCUT2D eigenvalue weighted by Crippen LogP contribution is 2.36. The summed E-state index contributed by atoms with van der Waals surface area (Å²) in [5, 5.41) is 13.3. The number of ether oxygens (including phenoxy) is 1. The molecule has 5 rings (SSSR count).